The smallest absolute Gasteiger partial charge is 0.0648 e. The Balaban J connectivity index is 1.33. The second-order valence-corrected chi connectivity index (χ2v) is 13.2. The highest BCUT2D eigenvalue weighted by molar-refractivity contribution is 6.04. The van der Waals surface area contributed by atoms with Gasteiger partial charge in [-0.2, -0.15) is 0 Å². The number of benzene rings is 9. The third-order valence-corrected chi connectivity index (χ3v) is 10.00. The second-order valence-electron chi connectivity index (χ2n) is 13.2. The minimum absolute atomic E-state index is 0.179. The van der Waals surface area contributed by atoms with E-state index in [9.17, 15) is 6.85 Å². The number of anilines is 3. The van der Waals surface area contributed by atoms with Crippen LogP contribution in [0.4, 0.5) is 17.1 Å². The molecule has 9 aromatic carbocycles. The third-order valence-electron chi connectivity index (χ3n) is 10.00. The number of rotatable bonds is 7. The molecule has 1 nitrogen and oxygen atoms in total. The van der Waals surface area contributed by atoms with Gasteiger partial charge >= 0.3 is 0 Å². The minimum Gasteiger partial charge on any atom is -0.310 e. The molecule has 0 bridgehead atoms. The van der Waals surface area contributed by atoms with Crippen LogP contribution < -0.4 is 4.90 Å². The van der Waals surface area contributed by atoms with Crippen LogP contribution in [0, 0.1) is 0 Å². The maximum absolute atomic E-state index is 10.1. The Bertz CT molecular complexity index is 3960. The molecule has 0 saturated carbocycles. The van der Waals surface area contributed by atoms with Gasteiger partial charge in [-0.25, -0.2) is 0 Å². The molecule has 0 saturated heterocycles. The number of hydrogen-bond donors (Lipinski definition) is 0. The van der Waals surface area contributed by atoms with Crippen molar-refractivity contribution in [2.24, 2.45) is 0 Å². The fourth-order valence-electron chi connectivity index (χ4n) is 7.36. The van der Waals surface area contributed by atoms with Crippen molar-refractivity contribution < 1.29 is 30.2 Å². The molecule has 9 aromatic rings. The zero-order valence-electron chi connectivity index (χ0n) is 51.4. The molecule has 0 atom stereocenters. The fourth-order valence-corrected chi connectivity index (χ4v) is 7.36. The van der Waals surface area contributed by atoms with Gasteiger partial charge in [0.25, 0.3) is 0 Å². The standard InChI is InChI=1S/C55H41N/c1-55(2)51-23-13-11-22-49(51)50-36-34-45(37-52(50)55)56(53-24-14-12-20-46(53)40-17-7-4-8-18-40)44-32-29-42(30-33-44)48-35-31-41-19-9-10-21-47(41)54(48)43-27-25-39(26-28-43)38-15-5-3-6-16-38/h3-37H,1-2H3/i1D3,2D3,4D,7D,8D,11D,12D,13D,14D,17D,18D,20D,22D,23D,24D,34D,36D,37D. The van der Waals surface area contributed by atoms with Crippen molar-refractivity contribution in [3.05, 3.63) is 223 Å². The molecule has 1 aliphatic carbocycles. The summed E-state index contributed by atoms with van der Waals surface area (Å²) in [6.07, 6.45) is 0. The van der Waals surface area contributed by atoms with Gasteiger partial charge in [-0.15, -0.1) is 0 Å². The molecule has 0 fully saturated rings. The van der Waals surface area contributed by atoms with E-state index in [-0.39, 0.29) is 5.69 Å². The molecule has 0 heterocycles. The summed E-state index contributed by atoms with van der Waals surface area (Å²) in [6, 6.07) is 20.0. The predicted molar refractivity (Wildman–Crippen MR) is 238 cm³/mol. The summed E-state index contributed by atoms with van der Waals surface area (Å²) in [5.41, 5.74) is -5.42. The molecule has 0 spiro atoms. The molecular weight excluding hydrogens is 675 g/mol. The summed E-state index contributed by atoms with van der Waals surface area (Å²) < 4.78 is 199. The van der Waals surface area contributed by atoms with E-state index >= 15 is 0 Å². The first-order valence-electron chi connectivity index (χ1n) is 28.7. The van der Waals surface area contributed by atoms with Crippen LogP contribution in [0.3, 0.4) is 0 Å². The number of para-hydroxylation sites is 1. The lowest BCUT2D eigenvalue weighted by Crippen LogP contribution is -2.16. The van der Waals surface area contributed by atoms with Gasteiger partial charge in [-0.3, -0.25) is 0 Å². The summed E-state index contributed by atoms with van der Waals surface area (Å²) in [6.45, 7) is -7.61. The van der Waals surface area contributed by atoms with Crippen molar-refractivity contribution in [3.63, 3.8) is 0 Å². The maximum Gasteiger partial charge on any atom is 0.0648 e. The Labute approximate surface area is 360 Å². The van der Waals surface area contributed by atoms with Crippen molar-refractivity contribution in [1.82, 2.24) is 0 Å². The van der Waals surface area contributed by atoms with E-state index in [1.165, 1.54) is 12.1 Å². The minimum atomic E-state index is -3.81. The van der Waals surface area contributed by atoms with Crippen LogP contribution in [0.15, 0.2) is 212 Å². The van der Waals surface area contributed by atoms with E-state index in [2.05, 4.69) is 0 Å². The van der Waals surface area contributed by atoms with Crippen LogP contribution in [-0.2, 0) is 5.41 Å². The Morgan fingerprint density at radius 2 is 1.07 bits per heavy atom. The first-order valence-corrected chi connectivity index (χ1v) is 17.7. The van der Waals surface area contributed by atoms with E-state index < -0.39 is 161 Å². The summed E-state index contributed by atoms with van der Waals surface area (Å²) >= 11 is 0. The topological polar surface area (TPSA) is 3.24 Å². The maximum atomic E-state index is 10.1. The van der Waals surface area contributed by atoms with E-state index in [4.69, 9.17) is 23.3 Å². The molecule has 0 N–H and O–H groups in total. The number of hydrogen-bond acceptors (Lipinski definition) is 1. The van der Waals surface area contributed by atoms with Gasteiger partial charge in [0, 0.05) is 30.6 Å². The van der Waals surface area contributed by atoms with E-state index in [0.29, 0.717) is 11.1 Å². The van der Waals surface area contributed by atoms with Crippen molar-refractivity contribution in [3.8, 4) is 55.6 Å². The van der Waals surface area contributed by atoms with Crippen LogP contribution in [0.1, 0.15) is 55.0 Å². The second kappa shape index (κ2) is 13.7. The SMILES string of the molecule is [2H]c1c([2H])c([2H])c(-c2c([2H])c([2H])c([2H])c([2H])c2N(c2ccc(-c3ccc4ccccc4c3-c3ccc(-c4ccccc4)cc3)cc2)c2c([2H])c([2H])c3c(c2[2H])C(C([2H])([2H])[2H])(C([2H])([2H])[2H])c2c([2H])c([2H])c([2H])c([2H])c2-3)c([2H])c1[2H]. The van der Waals surface area contributed by atoms with Crippen molar-refractivity contribution in [1.29, 1.82) is 0 Å². The van der Waals surface area contributed by atoms with Crippen LogP contribution in [0.5, 0.6) is 0 Å². The monoisotopic (exact) mass is 737 g/mol. The molecule has 0 amide bonds. The van der Waals surface area contributed by atoms with Crippen molar-refractivity contribution >= 4 is 27.8 Å². The Kier molecular flexibility index (Phi) is 4.33. The van der Waals surface area contributed by atoms with Crippen LogP contribution in [0.25, 0.3) is 66.4 Å². The zero-order valence-corrected chi connectivity index (χ0v) is 29.4. The zero-order chi connectivity index (χ0) is 56.6. The third kappa shape index (κ3) is 5.72. The van der Waals surface area contributed by atoms with Gasteiger partial charge in [0.1, 0.15) is 0 Å². The first-order chi connectivity index (χ1) is 36.7. The lowest BCUT2D eigenvalue weighted by molar-refractivity contribution is 0.660. The molecule has 0 unspecified atom stereocenters. The molecule has 266 valence electrons. The number of fused-ring (bicyclic) bond motifs is 4. The van der Waals surface area contributed by atoms with E-state index in [0.717, 1.165) is 37.9 Å². The molecule has 1 aliphatic rings. The van der Waals surface area contributed by atoms with E-state index in [1.807, 2.05) is 91.0 Å². The van der Waals surface area contributed by atoms with Gasteiger partial charge in [-0.05, 0) is 102 Å². The van der Waals surface area contributed by atoms with Crippen molar-refractivity contribution in [2.45, 2.75) is 19.1 Å². The Morgan fingerprint density at radius 1 is 0.429 bits per heavy atom. The molecule has 0 radical (unpaired) electrons. The van der Waals surface area contributed by atoms with Gasteiger partial charge in [0.05, 0.1) is 27.6 Å². The Morgan fingerprint density at radius 3 is 1.88 bits per heavy atom. The molecule has 0 aromatic heterocycles. The van der Waals surface area contributed by atoms with E-state index in [1.54, 1.807) is 12.1 Å². The van der Waals surface area contributed by atoms with Gasteiger partial charge in [-0.1, -0.05) is 195 Å². The molecule has 1 heteroatoms. The highest BCUT2D eigenvalue weighted by Gasteiger charge is 2.36. The molecule has 0 aliphatic heterocycles. The first kappa shape index (κ1) is 17.7. The van der Waals surface area contributed by atoms with Gasteiger partial charge in [0.15, 0.2) is 0 Å². The predicted octanol–water partition coefficient (Wildman–Crippen LogP) is 15.3. The average molecular weight is 738 g/mol. The highest BCUT2D eigenvalue weighted by Crippen LogP contribution is 2.51. The van der Waals surface area contributed by atoms with Crippen LogP contribution in [0.2, 0.25) is 0 Å². The van der Waals surface area contributed by atoms with Crippen molar-refractivity contribution in [2.75, 3.05) is 4.90 Å². The summed E-state index contributed by atoms with van der Waals surface area (Å²) in [5, 5.41) is 1.80. The molecular formula is C55H41N. The van der Waals surface area contributed by atoms with Crippen LogP contribution in [-0.4, -0.2) is 0 Å². The quantitative estimate of drug-likeness (QED) is 0.157. The fraction of sp³-hybridized carbons (Fsp3) is 0.0545. The molecule has 10 rings (SSSR count). The lowest BCUT2D eigenvalue weighted by Gasteiger charge is -2.30. The normalized spacial score (nSPS) is 18.6. The molecule has 56 heavy (non-hydrogen) atoms. The number of nitrogens with zero attached hydrogens (tertiary/aromatic N) is 1. The summed E-state index contributed by atoms with van der Waals surface area (Å²) in [7, 11) is 0. The lowest BCUT2D eigenvalue weighted by atomic mass is 9.82. The average Bonchev–Trinajstić information content (AvgIpc) is 3.78. The summed E-state index contributed by atoms with van der Waals surface area (Å²) in [4.78, 5) is 0.867. The van der Waals surface area contributed by atoms with Gasteiger partial charge < -0.3 is 4.90 Å². The van der Waals surface area contributed by atoms with Gasteiger partial charge in [0.2, 0.25) is 0 Å². The van der Waals surface area contributed by atoms with Crippen LogP contribution >= 0.6 is 0 Å². The Hall–Kier alpha value is -6.96. The summed E-state index contributed by atoms with van der Waals surface area (Å²) in [5.74, 6) is 0. The largest absolute Gasteiger partial charge is 0.310 e. The highest BCUT2D eigenvalue weighted by atomic mass is 15.1.